The zero-order valence-corrected chi connectivity index (χ0v) is 14.8. The summed E-state index contributed by atoms with van der Waals surface area (Å²) in [5.41, 5.74) is 6.37. The van der Waals surface area contributed by atoms with Crippen LogP contribution >= 0.6 is 0 Å². The Morgan fingerprint density at radius 3 is 2.58 bits per heavy atom. The minimum absolute atomic E-state index is 0.0107. The van der Waals surface area contributed by atoms with Crippen molar-refractivity contribution >= 4 is 17.6 Å². The summed E-state index contributed by atoms with van der Waals surface area (Å²) in [7, 11) is 0. The smallest absolute Gasteiger partial charge is 0.242 e. The van der Waals surface area contributed by atoms with Gasteiger partial charge in [-0.2, -0.15) is 0 Å². The molecule has 0 aromatic carbocycles. The lowest BCUT2D eigenvalue weighted by Crippen LogP contribution is -2.55. The van der Waals surface area contributed by atoms with Gasteiger partial charge in [0.1, 0.15) is 5.82 Å². The topological polar surface area (TPSA) is 88.3 Å². The second-order valence-electron chi connectivity index (χ2n) is 6.94. The highest BCUT2D eigenvalue weighted by Crippen LogP contribution is 2.22. The van der Waals surface area contributed by atoms with E-state index in [0.29, 0.717) is 38.2 Å². The summed E-state index contributed by atoms with van der Waals surface area (Å²) >= 11 is 0. The van der Waals surface area contributed by atoms with Crippen LogP contribution in [0.3, 0.4) is 0 Å². The van der Waals surface area contributed by atoms with Crippen LogP contribution < -0.4 is 11.1 Å². The Kier molecular flexibility index (Phi) is 5.94. The van der Waals surface area contributed by atoms with E-state index in [0.717, 1.165) is 12.0 Å². The van der Waals surface area contributed by atoms with Crippen LogP contribution in [0.4, 0.5) is 5.82 Å². The van der Waals surface area contributed by atoms with E-state index in [2.05, 4.69) is 10.3 Å². The Morgan fingerprint density at radius 1 is 1.38 bits per heavy atom. The third-order valence-corrected chi connectivity index (χ3v) is 4.57. The van der Waals surface area contributed by atoms with Crippen LogP contribution in [0.1, 0.15) is 45.1 Å². The van der Waals surface area contributed by atoms with E-state index in [-0.39, 0.29) is 17.7 Å². The van der Waals surface area contributed by atoms with Crippen LogP contribution in [0.25, 0.3) is 0 Å². The van der Waals surface area contributed by atoms with Gasteiger partial charge in [0, 0.05) is 25.2 Å². The molecule has 6 heteroatoms. The number of nitrogens with one attached hydrogen (secondary N) is 1. The van der Waals surface area contributed by atoms with Gasteiger partial charge in [0.05, 0.1) is 5.54 Å². The third-order valence-electron chi connectivity index (χ3n) is 4.57. The second kappa shape index (κ2) is 7.75. The summed E-state index contributed by atoms with van der Waals surface area (Å²) in [5, 5.41) is 2.86. The van der Waals surface area contributed by atoms with E-state index < -0.39 is 5.54 Å². The van der Waals surface area contributed by atoms with Gasteiger partial charge >= 0.3 is 0 Å². The van der Waals surface area contributed by atoms with Crippen molar-refractivity contribution in [1.29, 1.82) is 0 Å². The first-order chi connectivity index (χ1) is 11.3. The standard InChI is InChI=1S/C18H28N4O2/c1-4-9-18(3,19)17(24)22-10-7-14(8-11-22)16(23)21-15-6-5-13(2)12-20-15/h5-6,12,14H,4,7-11,19H2,1-3H3,(H,20,21,23). The van der Waals surface area contributed by atoms with E-state index in [1.54, 1.807) is 24.1 Å². The zero-order valence-electron chi connectivity index (χ0n) is 14.8. The first-order valence-electron chi connectivity index (χ1n) is 8.65. The third kappa shape index (κ3) is 4.54. The molecule has 1 aliphatic heterocycles. The summed E-state index contributed by atoms with van der Waals surface area (Å²) in [6.07, 6.45) is 4.59. The van der Waals surface area contributed by atoms with Gasteiger partial charge < -0.3 is 16.0 Å². The van der Waals surface area contributed by atoms with E-state index >= 15 is 0 Å². The Balaban J connectivity index is 1.86. The van der Waals surface area contributed by atoms with Crippen LogP contribution in [-0.4, -0.2) is 40.3 Å². The fourth-order valence-corrected chi connectivity index (χ4v) is 3.10. The van der Waals surface area contributed by atoms with E-state index in [4.69, 9.17) is 5.73 Å². The number of rotatable bonds is 5. The van der Waals surface area contributed by atoms with E-state index in [1.807, 2.05) is 19.9 Å². The number of aromatic nitrogens is 1. The number of piperidine rings is 1. The summed E-state index contributed by atoms with van der Waals surface area (Å²) < 4.78 is 0. The number of anilines is 1. The Bertz CT molecular complexity index is 575. The molecular formula is C18H28N4O2. The molecule has 1 unspecified atom stereocenters. The Labute approximate surface area is 143 Å². The lowest BCUT2D eigenvalue weighted by atomic mass is 9.91. The van der Waals surface area contributed by atoms with Crippen LogP contribution in [0, 0.1) is 12.8 Å². The van der Waals surface area contributed by atoms with Crippen molar-refractivity contribution < 1.29 is 9.59 Å². The number of carbonyl (C=O) groups is 2. The predicted octanol–water partition coefficient (Wildman–Crippen LogP) is 2.08. The van der Waals surface area contributed by atoms with Crippen molar-refractivity contribution in [2.45, 2.75) is 52.0 Å². The molecule has 132 valence electrons. The number of nitrogens with two attached hydrogens (primary N) is 1. The molecule has 2 heterocycles. The fourth-order valence-electron chi connectivity index (χ4n) is 3.10. The first kappa shape index (κ1) is 18.4. The van der Waals surface area contributed by atoms with Crippen molar-refractivity contribution in [3.05, 3.63) is 23.9 Å². The molecule has 0 radical (unpaired) electrons. The van der Waals surface area contributed by atoms with E-state index in [1.165, 1.54) is 0 Å². The Morgan fingerprint density at radius 2 is 2.04 bits per heavy atom. The molecule has 1 atom stereocenters. The number of pyridine rings is 1. The number of amides is 2. The van der Waals surface area contributed by atoms with Crippen LogP contribution in [-0.2, 0) is 9.59 Å². The molecule has 0 bridgehead atoms. The molecule has 0 spiro atoms. The molecular weight excluding hydrogens is 304 g/mol. The number of hydrogen-bond acceptors (Lipinski definition) is 4. The van der Waals surface area contributed by atoms with Gasteiger partial charge in [-0.1, -0.05) is 19.4 Å². The lowest BCUT2D eigenvalue weighted by molar-refractivity contribution is -0.139. The molecule has 1 saturated heterocycles. The number of hydrogen-bond donors (Lipinski definition) is 2. The molecule has 2 amide bonds. The molecule has 1 aromatic heterocycles. The van der Waals surface area contributed by atoms with Crippen molar-refractivity contribution in [3.63, 3.8) is 0 Å². The van der Waals surface area contributed by atoms with Gasteiger partial charge in [0.15, 0.2) is 0 Å². The van der Waals surface area contributed by atoms with Gasteiger partial charge in [-0.3, -0.25) is 9.59 Å². The summed E-state index contributed by atoms with van der Waals surface area (Å²) in [6, 6.07) is 3.72. The SMILES string of the molecule is CCCC(C)(N)C(=O)N1CCC(C(=O)Nc2ccc(C)cn2)CC1. The fraction of sp³-hybridized carbons (Fsp3) is 0.611. The zero-order chi connectivity index (χ0) is 17.7. The van der Waals surface area contributed by atoms with Crippen molar-refractivity contribution in [1.82, 2.24) is 9.88 Å². The van der Waals surface area contributed by atoms with Crippen LogP contribution in [0.15, 0.2) is 18.3 Å². The van der Waals surface area contributed by atoms with Crippen molar-refractivity contribution in [2.75, 3.05) is 18.4 Å². The number of aryl methyl sites for hydroxylation is 1. The normalized spacial score (nSPS) is 18.1. The van der Waals surface area contributed by atoms with Crippen LogP contribution in [0.2, 0.25) is 0 Å². The summed E-state index contributed by atoms with van der Waals surface area (Å²) in [6.45, 7) is 6.92. The highest BCUT2D eigenvalue weighted by Gasteiger charge is 2.35. The second-order valence-corrected chi connectivity index (χ2v) is 6.94. The maximum absolute atomic E-state index is 12.5. The molecule has 1 aliphatic rings. The summed E-state index contributed by atoms with van der Waals surface area (Å²) in [4.78, 5) is 30.8. The highest BCUT2D eigenvalue weighted by atomic mass is 16.2. The predicted molar refractivity (Wildman–Crippen MR) is 94.4 cm³/mol. The highest BCUT2D eigenvalue weighted by molar-refractivity contribution is 5.92. The van der Waals surface area contributed by atoms with Gasteiger partial charge in [0.2, 0.25) is 11.8 Å². The van der Waals surface area contributed by atoms with Crippen molar-refractivity contribution in [3.8, 4) is 0 Å². The molecule has 1 fully saturated rings. The Hall–Kier alpha value is -1.95. The molecule has 24 heavy (non-hydrogen) atoms. The molecule has 1 aromatic rings. The molecule has 2 rings (SSSR count). The first-order valence-corrected chi connectivity index (χ1v) is 8.65. The van der Waals surface area contributed by atoms with Gasteiger partial charge in [-0.25, -0.2) is 4.98 Å². The average molecular weight is 332 g/mol. The monoisotopic (exact) mass is 332 g/mol. The van der Waals surface area contributed by atoms with Gasteiger partial charge in [-0.05, 0) is 44.7 Å². The largest absolute Gasteiger partial charge is 0.341 e. The maximum Gasteiger partial charge on any atom is 0.242 e. The number of likely N-dealkylation sites (tertiary alicyclic amines) is 1. The minimum atomic E-state index is -0.810. The molecule has 0 aliphatic carbocycles. The van der Waals surface area contributed by atoms with Crippen molar-refractivity contribution in [2.24, 2.45) is 11.7 Å². The van der Waals surface area contributed by atoms with Gasteiger partial charge in [0.25, 0.3) is 0 Å². The summed E-state index contributed by atoms with van der Waals surface area (Å²) in [5.74, 6) is 0.444. The lowest BCUT2D eigenvalue weighted by Gasteiger charge is -2.36. The maximum atomic E-state index is 12.5. The number of nitrogens with zero attached hydrogens (tertiary/aromatic N) is 2. The molecule has 3 N–H and O–H groups in total. The molecule has 6 nitrogen and oxygen atoms in total. The number of carbonyl (C=O) groups excluding carboxylic acids is 2. The van der Waals surface area contributed by atoms with Crippen LogP contribution in [0.5, 0.6) is 0 Å². The minimum Gasteiger partial charge on any atom is -0.341 e. The molecule has 0 saturated carbocycles. The average Bonchev–Trinajstić information content (AvgIpc) is 2.56. The van der Waals surface area contributed by atoms with Gasteiger partial charge in [-0.15, -0.1) is 0 Å². The van der Waals surface area contributed by atoms with E-state index in [9.17, 15) is 9.59 Å². The quantitative estimate of drug-likeness (QED) is 0.864.